The van der Waals surface area contributed by atoms with Gasteiger partial charge in [-0.05, 0) is 50.6 Å². The molecular weight excluding hydrogens is 384 g/mol. The van der Waals surface area contributed by atoms with E-state index in [1.54, 1.807) is 7.11 Å². The third kappa shape index (κ3) is 5.33. The summed E-state index contributed by atoms with van der Waals surface area (Å²) in [5.41, 5.74) is 1.08. The minimum absolute atomic E-state index is 0.00883. The van der Waals surface area contributed by atoms with Crippen LogP contribution in [0, 0.1) is 5.92 Å². The number of aliphatic hydroxyl groups excluding tert-OH is 1. The fourth-order valence-electron chi connectivity index (χ4n) is 4.13. The molecule has 7 nitrogen and oxygen atoms in total. The molecule has 1 aromatic rings. The summed E-state index contributed by atoms with van der Waals surface area (Å²) in [5, 5.41) is 9.39. The lowest BCUT2D eigenvalue weighted by molar-refractivity contribution is -0.170. The van der Waals surface area contributed by atoms with Crippen molar-refractivity contribution in [1.82, 2.24) is 9.80 Å². The molecule has 1 saturated heterocycles. The number of rotatable bonds is 8. The van der Waals surface area contributed by atoms with E-state index in [1.807, 2.05) is 42.2 Å². The van der Waals surface area contributed by atoms with E-state index < -0.39 is 6.29 Å². The maximum absolute atomic E-state index is 13.2. The molecule has 2 aliphatic rings. The fourth-order valence-corrected chi connectivity index (χ4v) is 4.13. The van der Waals surface area contributed by atoms with Crippen LogP contribution in [-0.4, -0.2) is 80.7 Å². The maximum Gasteiger partial charge on any atom is 0.288 e. The zero-order valence-corrected chi connectivity index (χ0v) is 18.3. The summed E-state index contributed by atoms with van der Waals surface area (Å²) in [6, 6.07) is 7.91. The lowest BCUT2D eigenvalue weighted by Gasteiger charge is -2.39. The van der Waals surface area contributed by atoms with Crippen molar-refractivity contribution in [3.05, 3.63) is 41.7 Å². The number of benzene rings is 1. The number of carbonyl (C=O) groups excluding carboxylic acids is 1. The van der Waals surface area contributed by atoms with Crippen LogP contribution >= 0.6 is 0 Å². The van der Waals surface area contributed by atoms with Gasteiger partial charge in [-0.2, -0.15) is 0 Å². The van der Waals surface area contributed by atoms with Gasteiger partial charge in [-0.25, -0.2) is 0 Å². The SMILES string of the molecule is CCO[C@H]1OC(C(=O)N2CCN(C)CC2)=C[C@@H](c2ccc(OC)cc2)[C@@H]1CCCO. The highest BCUT2D eigenvalue weighted by Crippen LogP contribution is 2.40. The van der Waals surface area contributed by atoms with Crippen LogP contribution in [0.5, 0.6) is 5.75 Å². The number of piperazine rings is 1. The molecule has 3 atom stereocenters. The summed E-state index contributed by atoms with van der Waals surface area (Å²) in [5.74, 6) is 1.04. The number of ether oxygens (including phenoxy) is 3. The third-order valence-corrected chi connectivity index (χ3v) is 5.91. The zero-order valence-electron chi connectivity index (χ0n) is 18.3. The Hall–Kier alpha value is -2.09. The maximum atomic E-state index is 13.2. The smallest absolute Gasteiger partial charge is 0.288 e. The fraction of sp³-hybridized carbons (Fsp3) is 0.609. The second-order valence-electron chi connectivity index (χ2n) is 7.90. The highest BCUT2D eigenvalue weighted by molar-refractivity contribution is 5.92. The first-order valence-electron chi connectivity index (χ1n) is 10.8. The minimum atomic E-state index is -0.523. The normalized spacial score (nSPS) is 24.9. The van der Waals surface area contributed by atoms with Gasteiger partial charge in [0.2, 0.25) is 6.29 Å². The standard InChI is InChI=1S/C23H34N2O5/c1-4-29-23-19(6-5-15-26)20(17-7-9-18(28-3)10-8-17)16-21(30-23)22(27)25-13-11-24(2)12-14-25/h7-10,16,19-20,23,26H,4-6,11-15H2,1-3H3/t19-,20-,23-/m0/s1. The largest absolute Gasteiger partial charge is 0.497 e. The van der Waals surface area contributed by atoms with Gasteiger partial charge in [0.05, 0.1) is 7.11 Å². The molecule has 30 heavy (non-hydrogen) atoms. The molecule has 1 fully saturated rings. The van der Waals surface area contributed by atoms with Gasteiger partial charge in [0.25, 0.3) is 5.91 Å². The molecule has 3 rings (SSSR count). The Labute approximate surface area is 179 Å². The van der Waals surface area contributed by atoms with Crippen molar-refractivity contribution < 1.29 is 24.1 Å². The van der Waals surface area contributed by atoms with Crippen molar-refractivity contribution in [3.8, 4) is 5.75 Å². The molecule has 0 aliphatic carbocycles. The quantitative estimate of drug-likeness (QED) is 0.698. The van der Waals surface area contributed by atoms with E-state index in [2.05, 4.69) is 11.9 Å². The first-order valence-corrected chi connectivity index (χ1v) is 10.8. The number of amides is 1. The molecule has 0 unspecified atom stereocenters. The first kappa shape index (κ1) is 22.6. The lowest BCUT2D eigenvalue weighted by Crippen LogP contribution is -2.49. The number of allylic oxidation sites excluding steroid dienone is 1. The second-order valence-corrected chi connectivity index (χ2v) is 7.90. The highest BCUT2D eigenvalue weighted by atomic mass is 16.7. The number of nitrogens with zero attached hydrogens (tertiary/aromatic N) is 2. The second kappa shape index (κ2) is 10.8. The Kier molecular flexibility index (Phi) is 8.13. The van der Waals surface area contributed by atoms with Gasteiger partial charge in [0.15, 0.2) is 5.76 Å². The van der Waals surface area contributed by atoms with E-state index in [0.29, 0.717) is 31.9 Å². The molecule has 166 valence electrons. The molecule has 0 spiro atoms. The number of aliphatic hydroxyl groups is 1. The van der Waals surface area contributed by atoms with Crippen molar-refractivity contribution in [2.45, 2.75) is 32.0 Å². The minimum Gasteiger partial charge on any atom is -0.497 e. The van der Waals surface area contributed by atoms with Crippen LogP contribution < -0.4 is 4.74 Å². The molecule has 1 aromatic carbocycles. The van der Waals surface area contributed by atoms with E-state index in [-0.39, 0.29) is 24.3 Å². The lowest BCUT2D eigenvalue weighted by atomic mass is 9.80. The van der Waals surface area contributed by atoms with Gasteiger partial charge in [-0.3, -0.25) is 4.79 Å². The predicted octanol–water partition coefficient (Wildman–Crippen LogP) is 2.22. The molecule has 0 aromatic heterocycles. The van der Waals surface area contributed by atoms with Crippen LogP contribution in [0.1, 0.15) is 31.2 Å². The number of carbonyl (C=O) groups is 1. The topological polar surface area (TPSA) is 71.5 Å². The Morgan fingerprint density at radius 1 is 1.20 bits per heavy atom. The summed E-state index contributed by atoms with van der Waals surface area (Å²) in [7, 11) is 3.71. The van der Waals surface area contributed by atoms with E-state index >= 15 is 0 Å². The van der Waals surface area contributed by atoms with E-state index in [9.17, 15) is 9.90 Å². The Morgan fingerprint density at radius 3 is 2.50 bits per heavy atom. The molecule has 7 heteroatoms. The van der Waals surface area contributed by atoms with Crippen LogP contribution in [0.2, 0.25) is 0 Å². The predicted molar refractivity (Wildman–Crippen MR) is 114 cm³/mol. The summed E-state index contributed by atoms with van der Waals surface area (Å²) in [4.78, 5) is 17.3. The van der Waals surface area contributed by atoms with Crippen LogP contribution in [0.4, 0.5) is 0 Å². The summed E-state index contributed by atoms with van der Waals surface area (Å²) in [6.45, 7) is 5.62. The Morgan fingerprint density at radius 2 is 1.90 bits per heavy atom. The number of likely N-dealkylation sites (N-methyl/N-ethyl adjacent to an activating group) is 1. The van der Waals surface area contributed by atoms with Crippen molar-refractivity contribution in [2.75, 3.05) is 53.6 Å². The molecule has 2 heterocycles. The summed E-state index contributed by atoms with van der Waals surface area (Å²) in [6.07, 6.45) is 2.81. The molecule has 0 bridgehead atoms. The average molecular weight is 419 g/mol. The van der Waals surface area contributed by atoms with Crippen LogP contribution in [0.15, 0.2) is 36.1 Å². The van der Waals surface area contributed by atoms with Crippen molar-refractivity contribution in [3.63, 3.8) is 0 Å². The average Bonchev–Trinajstić information content (AvgIpc) is 2.78. The van der Waals surface area contributed by atoms with Crippen LogP contribution in [0.3, 0.4) is 0 Å². The van der Waals surface area contributed by atoms with Crippen molar-refractivity contribution >= 4 is 5.91 Å². The van der Waals surface area contributed by atoms with Gasteiger partial charge in [0, 0.05) is 51.2 Å². The van der Waals surface area contributed by atoms with Crippen molar-refractivity contribution in [1.29, 1.82) is 0 Å². The first-order chi connectivity index (χ1) is 14.6. The number of methoxy groups -OCH3 is 1. The van der Waals surface area contributed by atoms with E-state index in [0.717, 1.165) is 30.8 Å². The van der Waals surface area contributed by atoms with Gasteiger partial charge < -0.3 is 29.1 Å². The Bertz CT molecular complexity index is 713. The van der Waals surface area contributed by atoms with Crippen LogP contribution in [0.25, 0.3) is 0 Å². The highest BCUT2D eigenvalue weighted by Gasteiger charge is 2.39. The van der Waals surface area contributed by atoms with Crippen molar-refractivity contribution in [2.24, 2.45) is 5.92 Å². The van der Waals surface area contributed by atoms with Gasteiger partial charge in [-0.1, -0.05) is 12.1 Å². The number of hydrogen-bond donors (Lipinski definition) is 1. The molecule has 0 saturated carbocycles. The Balaban J connectivity index is 1.91. The monoisotopic (exact) mass is 418 g/mol. The molecule has 0 radical (unpaired) electrons. The van der Waals surface area contributed by atoms with Gasteiger partial charge >= 0.3 is 0 Å². The van der Waals surface area contributed by atoms with E-state index in [1.165, 1.54) is 0 Å². The third-order valence-electron chi connectivity index (χ3n) is 5.91. The molecular formula is C23H34N2O5. The summed E-state index contributed by atoms with van der Waals surface area (Å²) >= 11 is 0. The summed E-state index contributed by atoms with van der Waals surface area (Å²) < 4.78 is 17.3. The van der Waals surface area contributed by atoms with E-state index in [4.69, 9.17) is 14.2 Å². The number of hydrogen-bond acceptors (Lipinski definition) is 6. The van der Waals surface area contributed by atoms with Gasteiger partial charge in [0.1, 0.15) is 5.75 Å². The van der Waals surface area contributed by atoms with Crippen LogP contribution in [-0.2, 0) is 14.3 Å². The molecule has 1 amide bonds. The van der Waals surface area contributed by atoms with Gasteiger partial charge in [-0.15, -0.1) is 0 Å². The molecule has 2 aliphatic heterocycles. The molecule has 1 N–H and O–H groups in total. The zero-order chi connectivity index (χ0) is 21.5.